The highest BCUT2D eigenvalue weighted by molar-refractivity contribution is 5.87. The van der Waals surface area contributed by atoms with Crippen molar-refractivity contribution in [1.82, 2.24) is 5.32 Å². The zero-order valence-electron chi connectivity index (χ0n) is 12.9. The normalized spacial score (nSPS) is 12.8. The first kappa shape index (κ1) is 14.9. The molecule has 2 aromatic rings. The van der Waals surface area contributed by atoms with Gasteiger partial charge in [0.2, 0.25) is 0 Å². The van der Waals surface area contributed by atoms with Crippen molar-refractivity contribution in [2.45, 2.75) is 39.8 Å². The summed E-state index contributed by atoms with van der Waals surface area (Å²) in [5.74, 6) is 1.61. The monoisotopic (exact) mass is 271 g/mol. The molecule has 0 saturated heterocycles. The Bertz CT molecular complexity index is 562. The average molecular weight is 271 g/mol. The lowest BCUT2D eigenvalue weighted by Crippen LogP contribution is -2.32. The lowest BCUT2D eigenvalue weighted by atomic mass is 9.99. The van der Waals surface area contributed by atoms with Gasteiger partial charge in [0.15, 0.2) is 0 Å². The summed E-state index contributed by atoms with van der Waals surface area (Å²) in [5.41, 5.74) is 1.25. The van der Waals surface area contributed by atoms with Crippen LogP contribution in [-0.2, 0) is 6.54 Å². The molecule has 1 atom stereocenters. The second-order valence-electron chi connectivity index (χ2n) is 5.61. The Morgan fingerprint density at radius 2 is 1.85 bits per heavy atom. The van der Waals surface area contributed by atoms with E-state index in [1.165, 1.54) is 16.3 Å². The molecule has 0 amide bonds. The van der Waals surface area contributed by atoms with Gasteiger partial charge < -0.3 is 10.1 Å². The first-order valence-electron chi connectivity index (χ1n) is 7.45. The molecular formula is C18H25NO. The van der Waals surface area contributed by atoms with Crippen LogP contribution in [0, 0.1) is 5.92 Å². The standard InChI is InChI=1S/C18H25NO/c1-5-17(13(2)3)19-12-16-15-9-7-6-8-14(15)10-11-18(16)20-4/h6-11,13,17,19H,5,12H2,1-4H3. The third-order valence-electron chi connectivity index (χ3n) is 4.00. The summed E-state index contributed by atoms with van der Waals surface area (Å²) in [5, 5.41) is 6.21. The predicted molar refractivity (Wildman–Crippen MR) is 86.3 cm³/mol. The first-order chi connectivity index (χ1) is 9.67. The van der Waals surface area contributed by atoms with Crippen LogP contribution in [-0.4, -0.2) is 13.2 Å². The summed E-state index contributed by atoms with van der Waals surface area (Å²) in [4.78, 5) is 0. The van der Waals surface area contributed by atoms with E-state index in [4.69, 9.17) is 4.74 Å². The molecule has 1 N–H and O–H groups in total. The minimum Gasteiger partial charge on any atom is -0.496 e. The van der Waals surface area contributed by atoms with Gasteiger partial charge in [-0.3, -0.25) is 0 Å². The van der Waals surface area contributed by atoms with Crippen molar-refractivity contribution in [2.24, 2.45) is 5.92 Å². The van der Waals surface area contributed by atoms with Crippen LogP contribution in [0.1, 0.15) is 32.8 Å². The SMILES string of the molecule is CCC(NCc1c(OC)ccc2ccccc12)C(C)C. The summed E-state index contributed by atoms with van der Waals surface area (Å²) < 4.78 is 5.54. The van der Waals surface area contributed by atoms with Gasteiger partial charge in [-0.05, 0) is 29.2 Å². The fraction of sp³-hybridized carbons (Fsp3) is 0.444. The lowest BCUT2D eigenvalue weighted by Gasteiger charge is -2.22. The summed E-state index contributed by atoms with van der Waals surface area (Å²) in [7, 11) is 1.74. The van der Waals surface area contributed by atoms with E-state index in [0.29, 0.717) is 12.0 Å². The van der Waals surface area contributed by atoms with Gasteiger partial charge in [0, 0.05) is 18.2 Å². The Labute approximate surface area is 122 Å². The topological polar surface area (TPSA) is 21.3 Å². The third kappa shape index (κ3) is 3.13. The molecule has 1 unspecified atom stereocenters. The fourth-order valence-electron chi connectivity index (χ4n) is 2.77. The molecule has 0 bridgehead atoms. The molecule has 0 fully saturated rings. The number of hydrogen-bond donors (Lipinski definition) is 1. The van der Waals surface area contributed by atoms with Gasteiger partial charge in [0.1, 0.15) is 5.75 Å². The van der Waals surface area contributed by atoms with Crippen LogP contribution in [0.25, 0.3) is 10.8 Å². The van der Waals surface area contributed by atoms with Crippen LogP contribution in [0.5, 0.6) is 5.75 Å². The molecular weight excluding hydrogens is 246 g/mol. The zero-order chi connectivity index (χ0) is 14.5. The first-order valence-corrected chi connectivity index (χ1v) is 7.45. The maximum atomic E-state index is 5.54. The van der Waals surface area contributed by atoms with Crippen molar-refractivity contribution in [3.05, 3.63) is 42.0 Å². The smallest absolute Gasteiger partial charge is 0.123 e. The number of rotatable bonds is 6. The zero-order valence-corrected chi connectivity index (χ0v) is 12.9. The molecule has 108 valence electrons. The summed E-state index contributed by atoms with van der Waals surface area (Å²) in [6.45, 7) is 7.61. The van der Waals surface area contributed by atoms with Gasteiger partial charge in [-0.2, -0.15) is 0 Å². The molecule has 2 aromatic carbocycles. The van der Waals surface area contributed by atoms with Gasteiger partial charge in [-0.15, -0.1) is 0 Å². The Hall–Kier alpha value is -1.54. The molecule has 2 heteroatoms. The molecule has 2 nitrogen and oxygen atoms in total. The van der Waals surface area contributed by atoms with E-state index in [2.05, 4.69) is 62.5 Å². The predicted octanol–water partition coefficient (Wildman–Crippen LogP) is 4.37. The molecule has 0 aliphatic rings. The van der Waals surface area contributed by atoms with Gasteiger partial charge >= 0.3 is 0 Å². The van der Waals surface area contributed by atoms with E-state index in [1.807, 2.05) is 0 Å². The van der Waals surface area contributed by atoms with Gasteiger partial charge in [-0.25, -0.2) is 0 Å². The van der Waals surface area contributed by atoms with Crippen LogP contribution >= 0.6 is 0 Å². The van der Waals surface area contributed by atoms with Crippen molar-refractivity contribution in [1.29, 1.82) is 0 Å². The summed E-state index contributed by atoms with van der Waals surface area (Å²) >= 11 is 0. The molecule has 0 saturated carbocycles. The second kappa shape index (κ2) is 6.76. The van der Waals surface area contributed by atoms with Crippen molar-refractivity contribution < 1.29 is 4.74 Å². The number of ether oxygens (including phenoxy) is 1. The molecule has 0 spiro atoms. The fourth-order valence-corrected chi connectivity index (χ4v) is 2.77. The summed E-state index contributed by atoms with van der Waals surface area (Å²) in [6.07, 6.45) is 1.14. The Morgan fingerprint density at radius 1 is 1.10 bits per heavy atom. The van der Waals surface area contributed by atoms with E-state index in [1.54, 1.807) is 7.11 Å². The molecule has 0 aliphatic carbocycles. The highest BCUT2D eigenvalue weighted by atomic mass is 16.5. The molecule has 2 rings (SSSR count). The van der Waals surface area contributed by atoms with Crippen LogP contribution in [0.15, 0.2) is 36.4 Å². The summed E-state index contributed by atoms with van der Waals surface area (Å²) in [6, 6.07) is 13.2. The minimum absolute atomic E-state index is 0.540. The second-order valence-corrected chi connectivity index (χ2v) is 5.61. The quantitative estimate of drug-likeness (QED) is 0.842. The van der Waals surface area contributed by atoms with Gasteiger partial charge in [0.25, 0.3) is 0 Å². The van der Waals surface area contributed by atoms with E-state index in [9.17, 15) is 0 Å². The van der Waals surface area contributed by atoms with Gasteiger partial charge in [0.05, 0.1) is 7.11 Å². The highest BCUT2D eigenvalue weighted by Crippen LogP contribution is 2.28. The largest absolute Gasteiger partial charge is 0.496 e. The van der Waals surface area contributed by atoms with Crippen molar-refractivity contribution in [2.75, 3.05) is 7.11 Å². The Morgan fingerprint density at radius 3 is 2.50 bits per heavy atom. The molecule has 0 aliphatic heterocycles. The van der Waals surface area contributed by atoms with E-state index in [-0.39, 0.29) is 0 Å². The van der Waals surface area contributed by atoms with Crippen LogP contribution in [0.2, 0.25) is 0 Å². The lowest BCUT2D eigenvalue weighted by molar-refractivity contribution is 0.376. The minimum atomic E-state index is 0.540. The molecule has 0 heterocycles. The number of fused-ring (bicyclic) bond motifs is 1. The van der Waals surface area contributed by atoms with Crippen LogP contribution in [0.4, 0.5) is 0 Å². The van der Waals surface area contributed by atoms with Crippen LogP contribution < -0.4 is 10.1 Å². The number of methoxy groups -OCH3 is 1. The van der Waals surface area contributed by atoms with Crippen molar-refractivity contribution >= 4 is 10.8 Å². The molecule has 0 radical (unpaired) electrons. The Balaban J connectivity index is 2.31. The van der Waals surface area contributed by atoms with Gasteiger partial charge in [-0.1, -0.05) is 51.1 Å². The maximum Gasteiger partial charge on any atom is 0.123 e. The molecule has 0 aromatic heterocycles. The van der Waals surface area contributed by atoms with E-state index >= 15 is 0 Å². The van der Waals surface area contributed by atoms with Crippen molar-refractivity contribution in [3.8, 4) is 5.75 Å². The Kier molecular flexibility index (Phi) is 5.02. The number of benzene rings is 2. The molecule has 20 heavy (non-hydrogen) atoms. The third-order valence-corrected chi connectivity index (χ3v) is 4.00. The van der Waals surface area contributed by atoms with E-state index in [0.717, 1.165) is 18.7 Å². The number of nitrogens with one attached hydrogen (secondary N) is 1. The van der Waals surface area contributed by atoms with E-state index < -0.39 is 0 Å². The number of hydrogen-bond acceptors (Lipinski definition) is 2. The average Bonchev–Trinajstić information content (AvgIpc) is 2.47. The van der Waals surface area contributed by atoms with Crippen molar-refractivity contribution in [3.63, 3.8) is 0 Å². The maximum absolute atomic E-state index is 5.54. The highest BCUT2D eigenvalue weighted by Gasteiger charge is 2.13. The van der Waals surface area contributed by atoms with Crippen LogP contribution in [0.3, 0.4) is 0 Å².